The van der Waals surface area contributed by atoms with Gasteiger partial charge in [-0.1, -0.05) is 24.3 Å². The number of rotatable bonds is 2. The predicted octanol–water partition coefficient (Wildman–Crippen LogP) is 0.537. The summed E-state index contributed by atoms with van der Waals surface area (Å²) in [4.78, 5) is 2.16. The van der Waals surface area contributed by atoms with Crippen LogP contribution in [-0.2, 0) is 23.2 Å². The van der Waals surface area contributed by atoms with Gasteiger partial charge in [0.1, 0.15) is 0 Å². The monoisotopic (exact) mass is 295 g/mol. The van der Waals surface area contributed by atoms with E-state index in [4.69, 9.17) is 0 Å². The summed E-state index contributed by atoms with van der Waals surface area (Å²) >= 11 is 0. The van der Waals surface area contributed by atoms with Crippen molar-refractivity contribution in [3.05, 3.63) is 35.4 Å². The largest absolute Gasteiger partial charge is 0.304 e. The molecule has 3 rings (SSSR count). The van der Waals surface area contributed by atoms with E-state index in [1.54, 1.807) is 8.61 Å². The molecule has 5 nitrogen and oxygen atoms in total. The first-order valence-corrected chi connectivity index (χ1v) is 8.47. The maximum absolute atomic E-state index is 12.7. The van der Waals surface area contributed by atoms with Gasteiger partial charge in [0, 0.05) is 39.3 Å². The highest BCUT2D eigenvalue weighted by atomic mass is 32.2. The number of hydrogen-bond acceptors (Lipinski definition) is 3. The van der Waals surface area contributed by atoms with Crippen molar-refractivity contribution >= 4 is 10.2 Å². The minimum atomic E-state index is -3.31. The molecule has 0 spiro atoms. The molecule has 1 saturated heterocycles. The molecular formula is C14H21N3O2S. The molecule has 6 heteroatoms. The van der Waals surface area contributed by atoms with Crippen molar-refractivity contribution in [2.45, 2.75) is 13.0 Å². The zero-order chi connectivity index (χ0) is 14.2. The molecular weight excluding hydrogens is 274 g/mol. The van der Waals surface area contributed by atoms with E-state index < -0.39 is 10.2 Å². The molecule has 0 saturated carbocycles. The third-order valence-corrected chi connectivity index (χ3v) is 6.19. The van der Waals surface area contributed by atoms with Crippen LogP contribution in [0.3, 0.4) is 0 Å². The first-order chi connectivity index (χ1) is 9.57. The summed E-state index contributed by atoms with van der Waals surface area (Å²) in [6.07, 6.45) is 0.809. The molecule has 2 heterocycles. The average Bonchev–Trinajstić information content (AvgIpc) is 2.47. The molecule has 0 aromatic heterocycles. The zero-order valence-electron chi connectivity index (χ0n) is 11.8. The van der Waals surface area contributed by atoms with Gasteiger partial charge in [0.15, 0.2) is 0 Å². The Kier molecular flexibility index (Phi) is 3.81. The number of hydrogen-bond donors (Lipinski definition) is 0. The second-order valence-corrected chi connectivity index (χ2v) is 7.49. The molecule has 0 bridgehead atoms. The number of piperazine rings is 1. The summed E-state index contributed by atoms with van der Waals surface area (Å²) in [6, 6.07) is 8.12. The van der Waals surface area contributed by atoms with E-state index in [1.165, 1.54) is 5.56 Å². The van der Waals surface area contributed by atoms with Gasteiger partial charge in [0.2, 0.25) is 0 Å². The van der Waals surface area contributed by atoms with Crippen molar-refractivity contribution in [2.24, 2.45) is 0 Å². The van der Waals surface area contributed by atoms with Crippen molar-refractivity contribution in [1.29, 1.82) is 0 Å². The molecule has 0 aliphatic carbocycles. The summed E-state index contributed by atoms with van der Waals surface area (Å²) < 4.78 is 28.6. The van der Waals surface area contributed by atoms with E-state index in [-0.39, 0.29) is 0 Å². The van der Waals surface area contributed by atoms with Crippen molar-refractivity contribution in [3.8, 4) is 0 Å². The van der Waals surface area contributed by atoms with Crippen molar-refractivity contribution in [3.63, 3.8) is 0 Å². The van der Waals surface area contributed by atoms with Crippen LogP contribution < -0.4 is 0 Å². The van der Waals surface area contributed by atoms with Gasteiger partial charge in [0.25, 0.3) is 10.2 Å². The van der Waals surface area contributed by atoms with E-state index in [1.807, 2.05) is 25.2 Å². The lowest BCUT2D eigenvalue weighted by Crippen LogP contribution is -2.52. The summed E-state index contributed by atoms with van der Waals surface area (Å²) in [5.74, 6) is 0. The van der Waals surface area contributed by atoms with Crippen LogP contribution in [0.4, 0.5) is 0 Å². The Morgan fingerprint density at radius 2 is 1.55 bits per heavy atom. The summed E-state index contributed by atoms with van der Waals surface area (Å²) in [5, 5.41) is 0. The SMILES string of the molecule is CN1CCN(S(=O)(=O)N2CCc3ccccc3C2)CC1. The number of likely N-dealkylation sites (N-methyl/N-ethyl adjacent to an activating group) is 1. The highest BCUT2D eigenvalue weighted by molar-refractivity contribution is 7.86. The fraction of sp³-hybridized carbons (Fsp3) is 0.571. The van der Waals surface area contributed by atoms with Crippen molar-refractivity contribution in [2.75, 3.05) is 39.8 Å². The maximum atomic E-state index is 12.7. The third-order valence-electron chi connectivity index (χ3n) is 4.21. The van der Waals surface area contributed by atoms with E-state index >= 15 is 0 Å². The molecule has 20 heavy (non-hydrogen) atoms. The zero-order valence-corrected chi connectivity index (χ0v) is 12.6. The Morgan fingerprint density at radius 1 is 0.900 bits per heavy atom. The van der Waals surface area contributed by atoms with E-state index in [2.05, 4.69) is 11.0 Å². The molecule has 2 aliphatic heterocycles. The molecule has 2 aliphatic rings. The van der Waals surface area contributed by atoms with Gasteiger partial charge in [-0.3, -0.25) is 0 Å². The van der Waals surface area contributed by atoms with Crippen molar-refractivity contribution in [1.82, 2.24) is 13.5 Å². The lowest BCUT2D eigenvalue weighted by Gasteiger charge is -2.36. The first kappa shape index (κ1) is 14.0. The minimum Gasteiger partial charge on any atom is -0.304 e. The lowest BCUT2D eigenvalue weighted by atomic mass is 10.0. The Bertz CT molecular complexity index is 580. The molecule has 0 atom stereocenters. The smallest absolute Gasteiger partial charge is 0.282 e. The molecule has 110 valence electrons. The number of benzene rings is 1. The Morgan fingerprint density at radius 3 is 2.25 bits per heavy atom. The second-order valence-electron chi connectivity index (χ2n) is 5.56. The van der Waals surface area contributed by atoms with Gasteiger partial charge in [-0.05, 0) is 24.6 Å². The Labute approximate surface area is 121 Å². The molecule has 0 N–H and O–H groups in total. The fourth-order valence-electron chi connectivity index (χ4n) is 2.85. The number of fused-ring (bicyclic) bond motifs is 1. The van der Waals surface area contributed by atoms with Crippen LogP contribution >= 0.6 is 0 Å². The van der Waals surface area contributed by atoms with Crippen LogP contribution in [0.15, 0.2) is 24.3 Å². The van der Waals surface area contributed by atoms with E-state index in [0.29, 0.717) is 26.2 Å². The normalized spacial score (nSPS) is 22.6. The highest BCUT2D eigenvalue weighted by Crippen LogP contribution is 2.23. The maximum Gasteiger partial charge on any atom is 0.282 e. The van der Waals surface area contributed by atoms with Crippen LogP contribution in [-0.4, -0.2) is 61.7 Å². The quantitative estimate of drug-likeness (QED) is 0.800. The van der Waals surface area contributed by atoms with E-state index in [0.717, 1.165) is 25.1 Å². The predicted molar refractivity (Wildman–Crippen MR) is 78.5 cm³/mol. The van der Waals surface area contributed by atoms with Crippen LogP contribution in [0, 0.1) is 0 Å². The van der Waals surface area contributed by atoms with Gasteiger partial charge in [0.05, 0.1) is 0 Å². The molecule has 1 fully saturated rings. The van der Waals surface area contributed by atoms with Crippen LogP contribution in [0.2, 0.25) is 0 Å². The molecule has 1 aromatic carbocycles. The van der Waals surface area contributed by atoms with Gasteiger partial charge in [-0.2, -0.15) is 17.0 Å². The highest BCUT2D eigenvalue weighted by Gasteiger charge is 2.33. The Hall–Kier alpha value is -0.950. The summed E-state index contributed by atoms with van der Waals surface area (Å²) in [6.45, 7) is 3.90. The molecule has 0 amide bonds. The van der Waals surface area contributed by atoms with Gasteiger partial charge < -0.3 is 4.90 Å². The van der Waals surface area contributed by atoms with Gasteiger partial charge in [-0.25, -0.2) is 0 Å². The number of nitrogens with zero attached hydrogens (tertiary/aromatic N) is 3. The second kappa shape index (κ2) is 5.44. The standard InChI is InChI=1S/C14H21N3O2S/c1-15-8-10-16(11-9-15)20(18,19)17-7-6-13-4-2-3-5-14(13)12-17/h2-5H,6-12H2,1H3. The van der Waals surface area contributed by atoms with Gasteiger partial charge >= 0.3 is 0 Å². The van der Waals surface area contributed by atoms with Crippen LogP contribution in [0.5, 0.6) is 0 Å². The first-order valence-electron chi connectivity index (χ1n) is 7.08. The average molecular weight is 295 g/mol. The molecule has 1 aromatic rings. The van der Waals surface area contributed by atoms with E-state index in [9.17, 15) is 8.42 Å². The van der Waals surface area contributed by atoms with Gasteiger partial charge in [-0.15, -0.1) is 0 Å². The fourth-order valence-corrected chi connectivity index (χ4v) is 4.42. The molecule has 0 radical (unpaired) electrons. The van der Waals surface area contributed by atoms with Crippen molar-refractivity contribution < 1.29 is 8.42 Å². The summed E-state index contributed by atoms with van der Waals surface area (Å²) in [7, 11) is -1.28. The molecule has 0 unspecified atom stereocenters. The van der Waals surface area contributed by atoms with Crippen LogP contribution in [0.25, 0.3) is 0 Å². The third kappa shape index (κ3) is 2.61. The van der Waals surface area contributed by atoms with Crippen LogP contribution in [0.1, 0.15) is 11.1 Å². The summed E-state index contributed by atoms with van der Waals surface area (Å²) in [5.41, 5.74) is 2.41. The lowest BCUT2D eigenvalue weighted by molar-refractivity contribution is 0.209. The minimum absolute atomic E-state index is 0.505. The Balaban J connectivity index is 1.76. The topological polar surface area (TPSA) is 43.9 Å².